The Labute approximate surface area is 97.1 Å². The third-order valence-corrected chi connectivity index (χ3v) is 2.71. The van der Waals surface area contributed by atoms with E-state index in [-0.39, 0.29) is 0 Å². The first-order valence-corrected chi connectivity index (χ1v) is 5.70. The summed E-state index contributed by atoms with van der Waals surface area (Å²) in [5.41, 5.74) is 0. The maximum absolute atomic E-state index is 8.42. The Morgan fingerprint density at radius 2 is 2.25 bits per heavy atom. The predicted octanol–water partition coefficient (Wildman–Crippen LogP) is 1.77. The molecular formula is C12H20N3O+. The van der Waals surface area contributed by atoms with Crippen molar-refractivity contribution in [2.24, 2.45) is 0 Å². The molecule has 0 aliphatic rings. The van der Waals surface area contributed by atoms with Gasteiger partial charge in [-0.2, -0.15) is 5.26 Å². The van der Waals surface area contributed by atoms with Crippen LogP contribution in [0.2, 0.25) is 0 Å². The van der Waals surface area contributed by atoms with Crippen molar-refractivity contribution in [3.05, 3.63) is 18.2 Å². The van der Waals surface area contributed by atoms with Crippen molar-refractivity contribution in [2.75, 3.05) is 7.11 Å². The van der Waals surface area contributed by atoms with Crippen LogP contribution in [0.3, 0.4) is 0 Å². The number of imidazole rings is 1. The quantitative estimate of drug-likeness (QED) is 0.521. The van der Waals surface area contributed by atoms with Gasteiger partial charge in [0.05, 0.1) is 12.6 Å². The average Bonchev–Trinajstić information content (AvgIpc) is 2.62. The fourth-order valence-electron chi connectivity index (χ4n) is 1.72. The van der Waals surface area contributed by atoms with Crippen molar-refractivity contribution < 1.29 is 9.30 Å². The third-order valence-electron chi connectivity index (χ3n) is 2.71. The van der Waals surface area contributed by atoms with E-state index in [9.17, 15) is 0 Å². The summed E-state index contributed by atoms with van der Waals surface area (Å²) in [6.45, 7) is 3.72. The average molecular weight is 222 g/mol. The fraction of sp³-hybridized carbons (Fsp3) is 0.667. The van der Waals surface area contributed by atoms with E-state index in [1.54, 1.807) is 7.11 Å². The minimum atomic E-state index is 0.604. The van der Waals surface area contributed by atoms with Gasteiger partial charge in [-0.3, -0.25) is 0 Å². The third kappa shape index (κ3) is 3.67. The van der Waals surface area contributed by atoms with Crippen LogP contribution < -0.4 is 4.57 Å². The number of hydrogen-bond acceptors (Lipinski definition) is 2. The van der Waals surface area contributed by atoms with E-state index >= 15 is 0 Å². The molecule has 1 rings (SSSR count). The number of hydrogen-bond donors (Lipinski definition) is 0. The van der Waals surface area contributed by atoms with E-state index in [0.717, 1.165) is 25.8 Å². The number of nitriles is 1. The Kier molecular flexibility index (Phi) is 5.58. The standard InChI is InChI=1S/C12H20N3O/c1-12-14(8-6-4-3-5-7-13)9-10-15(12)11-16-2/h9-10H,3-6,8,11H2,1-2H3/q+1. The SMILES string of the molecule is COC[n+]1ccn(CCCCCC#N)c1C. The molecule has 88 valence electrons. The number of aryl methyl sites for hydroxylation is 1. The first-order valence-electron chi connectivity index (χ1n) is 5.70. The molecule has 0 unspecified atom stereocenters. The monoisotopic (exact) mass is 222 g/mol. The van der Waals surface area contributed by atoms with Crippen molar-refractivity contribution in [3.63, 3.8) is 0 Å². The molecule has 0 aliphatic carbocycles. The molecule has 1 aromatic heterocycles. The minimum Gasteiger partial charge on any atom is -0.345 e. The largest absolute Gasteiger partial charge is 0.345 e. The van der Waals surface area contributed by atoms with E-state index in [1.165, 1.54) is 5.82 Å². The Bertz CT molecular complexity index is 352. The normalized spacial score (nSPS) is 10.3. The number of aromatic nitrogens is 2. The fourth-order valence-corrected chi connectivity index (χ4v) is 1.72. The lowest BCUT2D eigenvalue weighted by Gasteiger charge is -2.00. The Morgan fingerprint density at radius 3 is 2.94 bits per heavy atom. The highest BCUT2D eigenvalue weighted by Gasteiger charge is 2.10. The lowest BCUT2D eigenvalue weighted by atomic mass is 10.2. The second-order valence-corrected chi connectivity index (χ2v) is 3.90. The molecule has 0 atom stereocenters. The highest BCUT2D eigenvalue weighted by atomic mass is 16.5. The van der Waals surface area contributed by atoms with Crippen molar-refractivity contribution in [1.82, 2.24) is 4.57 Å². The van der Waals surface area contributed by atoms with Crippen LogP contribution in [0.4, 0.5) is 0 Å². The first kappa shape index (κ1) is 12.7. The molecule has 1 heterocycles. The molecule has 0 saturated carbocycles. The smallest absolute Gasteiger partial charge is 0.255 e. The van der Waals surface area contributed by atoms with E-state index < -0.39 is 0 Å². The number of ether oxygens (including phenoxy) is 1. The Balaban J connectivity index is 2.34. The van der Waals surface area contributed by atoms with Crippen LogP contribution in [0.1, 0.15) is 31.5 Å². The lowest BCUT2D eigenvalue weighted by molar-refractivity contribution is -0.736. The summed E-state index contributed by atoms with van der Waals surface area (Å²) in [5.74, 6) is 1.21. The van der Waals surface area contributed by atoms with Crippen LogP contribution in [-0.2, 0) is 18.0 Å². The van der Waals surface area contributed by atoms with Gasteiger partial charge in [0.1, 0.15) is 12.4 Å². The van der Waals surface area contributed by atoms with E-state index in [0.29, 0.717) is 13.2 Å². The van der Waals surface area contributed by atoms with Gasteiger partial charge in [-0.05, 0) is 19.3 Å². The molecule has 1 aromatic rings. The molecule has 0 aromatic carbocycles. The van der Waals surface area contributed by atoms with Crippen molar-refractivity contribution >= 4 is 0 Å². The van der Waals surface area contributed by atoms with E-state index in [1.807, 2.05) is 6.20 Å². The molecular weight excluding hydrogens is 202 g/mol. The van der Waals surface area contributed by atoms with Crippen LogP contribution in [0.25, 0.3) is 0 Å². The van der Waals surface area contributed by atoms with Crippen molar-refractivity contribution in [3.8, 4) is 6.07 Å². The zero-order chi connectivity index (χ0) is 11.8. The van der Waals surface area contributed by atoms with Gasteiger partial charge in [0.15, 0.2) is 6.73 Å². The second kappa shape index (κ2) is 7.02. The van der Waals surface area contributed by atoms with Gasteiger partial charge in [-0.25, -0.2) is 9.13 Å². The Morgan fingerprint density at radius 1 is 1.44 bits per heavy atom. The molecule has 0 aliphatic heterocycles. The van der Waals surface area contributed by atoms with Crippen LogP contribution in [-0.4, -0.2) is 11.7 Å². The van der Waals surface area contributed by atoms with Crippen LogP contribution >= 0.6 is 0 Å². The molecule has 0 saturated heterocycles. The highest BCUT2D eigenvalue weighted by Crippen LogP contribution is 2.03. The second-order valence-electron chi connectivity index (χ2n) is 3.90. The zero-order valence-electron chi connectivity index (χ0n) is 10.1. The van der Waals surface area contributed by atoms with Crippen molar-refractivity contribution in [1.29, 1.82) is 5.26 Å². The first-order chi connectivity index (χ1) is 7.79. The predicted molar refractivity (Wildman–Crippen MR) is 60.5 cm³/mol. The number of rotatable bonds is 7. The Hall–Kier alpha value is -1.34. The number of methoxy groups -OCH3 is 1. The molecule has 0 amide bonds. The molecule has 4 heteroatoms. The minimum absolute atomic E-state index is 0.604. The van der Waals surface area contributed by atoms with Crippen LogP contribution in [0.5, 0.6) is 0 Å². The van der Waals surface area contributed by atoms with Gasteiger partial charge in [0.2, 0.25) is 0 Å². The van der Waals surface area contributed by atoms with Gasteiger partial charge in [-0.15, -0.1) is 0 Å². The molecule has 4 nitrogen and oxygen atoms in total. The summed E-state index contributed by atoms with van der Waals surface area (Å²) in [6.07, 6.45) is 8.05. The van der Waals surface area contributed by atoms with E-state index in [4.69, 9.17) is 10.00 Å². The van der Waals surface area contributed by atoms with Gasteiger partial charge >= 0.3 is 0 Å². The zero-order valence-corrected chi connectivity index (χ0v) is 10.1. The summed E-state index contributed by atoms with van der Waals surface area (Å²) < 4.78 is 9.40. The molecule has 0 bridgehead atoms. The van der Waals surface area contributed by atoms with Gasteiger partial charge in [0.25, 0.3) is 5.82 Å². The topological polar surface area (TPSA) is 41.8 Å². The molecule has 0 spiro atoms. The highest BCUT2D eigenvalue weighted by molar-refractivity contribution is 4.79. The summed E-state index contributed by atoms with van der Waals surface area (Å²) >= 11 is 0. The number of unbranched alkanes of at least 4 members (excludes halogenated alkanes) is 3. The van der Waals surface area contributed by atoms with Crippen LogP contribution in [0, 0.1) is 18.3 Å². The summed E-state index contributed by atoms with van der Waals surface area (Å²) in [7, 11) is 1.70. The summed E-state index contributed by atoms with van der Waals surface area (Å²) in [5, 5.41) is 8.42. The molecule has 16 heavy (non-hydrogen) atoms. The maximum atomic E-state index is 8.42. The summed E-state index contributed by atoms with van der Waals surface area (Å²) in [6, 6.07) is 2.17. The lowest BCUT2D eigenvalue weighted by Crippen LogP contribution is -2.36. The van der Waals surface area contributed by atoms with Gasteiger partial charge < -0.3 is 4.74 Å². The number of nitrogens with zero attached hydrogens (tertiary/aromatic N) is 3. The maximum Gasteiger partial charge on any atom is 0.255 e. The van der Waals surface area contributed by atoms with E-state index in [2.05, 4.69) is 28.3 Å². The molecule has 0 radical (unpaired) electrons. The molecule has 0 N–H and O–H groups in total. The molecule has 0 fully saturated rings. The van der Waals surface area contributed by atoms with Gasteiger partial charge in [-0.1, -0.05) is 0 Å². The summed E-state index contributed by atoms with van der Waals surface area (Å²) in [4.78, 5) is 0. The van der Waals surface area contributed by atoms with Crippen LogP contribution in [0.15, 0.2) is 12.4 Å². The van der Waals surface area contributed by atoms with Crippen molar-refractivity contribution in [2.45, 2.75) is 45.9 Å². The van der Waals surface area contributed by atoms with Gasteiger partial charge in [0, 0.05) is 20.5 Å².